The van der Waals surface area contributed by atoms with Crippen molar-refractivity contribution >= 4 is 18.3 Å². The highest BCUT2D eigenvalue weighted by molar-refractivity contribution is 5.85. The van der Waals surface area contributed by atoms with E-state index in [1.807, 2.05) is 42.2 Å². The van der Waals surface area contributed by atoms with Gasteiger partial charge >= 0.3 is 0 Å². The topological polar surface area (TPSA) is 52.6 Å². The lowest BCUT2D eigenvalue weighted by molar-refractivity contribution is -0.133. The Hall–Kier alpha value is -1.10. The number of carbonyl (C=O) groups is 1. The number of rotatable bonds is 4. The van der Waals surface area contributed by atoms with Crippen LogP contribution in [0.1, 0.15) is 18.9 Å². The molecule has 0 radical (unpaired) electrons. The smallest absolute Gasteiger partial charge is 0.240 e. The highest BCUT2D eigenvalue weighted by Crippen LogP contribution is 2.12. The van der Waals surface area contributed by atoms with E-state index >= 15 is 0 Å². The van der Waals surface area contributed by atoms with Crippen LogP contribution in [0.2, 0.25) is 0 Å². The Morgan fingerprint density at radius 2 is 2.11 bits per heavy atom. The number of likely N-dealkylation sites (N-methyl/N-ethyl adjacent to an activating group) is 1. The number of nitrogens with one attached hydrogen (secondary N) is 1. The Bertz CT molecular complexity index is 400. The van der Waals surface area contributed by atoms with E-state index in [1.165, 1.54) is 0 Å². The van der Waals surface area contributed by atoms with Gasteiger partial charge in [-0.25, -0.2) is 0 Å². The van der Waals surface area contributed by atoms with Crippen molar-refractivity contribution in [2.75, 3.05) is 13.1 Å². The standard InChI is InChI=1S/C14H20N2O2.ClH/c1-2-16(10-11-6-4-3-5-7-11)14(18)13-8-12(17)9-15-13;/h3-7,12-13,15,17H,2,8-10H2,1H3;1H. The monoisotopic (exact) mass is 284 g/mol. The number of benzene rings is 1. The SMILES string of the molecule is CCN(Cc1ccccc1)C(=O)C1CC(O)CN1.Cl. The van der Waals surface area contributed by atoms with Crippen LogP contribution in [-0.4, -0.2) is 41.1 Å². The van der Waals surface area contributed by atoms with Crippen LogP contribution in [0.3, 0.4) is 0 Å². The molecule has 2 atom stereocenters. The van der Waals surface area contributed by atoms with Crippen molar-refractivity contribution < 1.29 is 9.90 Å². The Morgan fingerprint density at radius 3 is 2.63 bits per heavy atom. The second-order valence-electron chi connectivity index (χ2n) is 4.69. The Kier molecular flexibility index (Phi) is 6.28. The van der Waals surface area contributed by atoms with Crippen molar-refractivity contribution in [3.05, 3.63) is 35.9 Å². The van der Waals surface area contributed by atoms with E-state index in [1.54, 1.807) is 0 Å². The van der Waals surface area contributed by atoms with Gasteiger partial charge in [-0.3, -0.25) is 4.79 Å². The summed E-state index contributed by atoms with van der Waals surface area (Å²) in [6, 6.07) is 9.73. The number of hydrogen-bond acceptors (Lipinski definition) is 3. The fourth-order valence-electron chi connectivity index (χ4n) is 2.27. The zero-order chi connectivity index (χ0) is 13.0. The first-order chi connectivity index (χ1) is 8.70. The maximum atomic E-state index is 12.3. The van der Waals surface area contributed by atoms with E-state index in [2.05, 4.69) is 5.32 Å². The molecule has 1 fully saturated rings. The minimum absolute atomic E-state index is 0. The van der Waals surface area contributed by atoms with Gasteiger partial charge in [-0.2, -0.15) is 0 Å². The minimum Gasteiger partial charge on any atom is -0.392 e. The lowest BCUT2D eigenvalue weighted by Crippen LogP contribution is -2.43. The van der Waals surface area contributed by atoms with Crippen molar-refractivity contribution in [2.45, 2.75) is 32.0 Å². The molecule has 2 N–H and O–H groups in total. The summed E-state index contributed by atoms with van der Waals surface area (Å²) >= 11 is 0. The second kappa shape index (κ2) is 7.48. The molecule has 0 bridgehead atoms. The summed E-state index contributed by atoms with van der Waals surface area (Å²) in [4.78, 5) is 14.1. The largest absolute Gasteiger partial charge is 0.392 e. The first-order valence-electron chi connectivity index (χ1n) is 6.45. The van der Waals surface area contributed by atoms with Crippen molar-refractivity contribution in [3.63, 3.8) is 0 Å². The predicted octanol–water partition coefficient (Wildman–Crippen LogP) is 1.18. The average molecular weight is 285 g/mol. The van der Waals surface area contributed by atoms with Crippen LogP contribution < -0.4 is 5.32 Å². The van der Waals surface area contributed by atoms with E-state index in [-0.39, 0.29) is 24.4 Å². The molecule has 4 nitrogen and oxygen atoms in total. The Labute approximate surface area is 120 Å². The van der Waals surface area contributed by atoms with Gasteiger partial charge in [0.15, 0.2) is 0 Å². The molecule has 1 aromatic carbocycles. The van der Waals surface area contributed by atoms with Crippen LogP contribution >= 0.6 is 12.4 Å². The van der Waals surface area contributed by atoms with Gasteiger partial charge in [0.05, 0.1) is 12.1 Å². The first-order valence-corrected chi connectivity index (χ1v) is 6.45. The maximum absolute atomic E-state index is 12.3. The fraction of sp³-hybridized carbons (Fsp3) is 0.500. The molecule has 1 aromatic rings. The van der Waals surface area contributed by atoms with Crippen LogP contribution in [0, 0.1) is 0 Å². The van der Waals surface area contributed by atoms with Gasteiger partial charge in [-0.05, 0) is 18.9 Å². The number of β-amino-alcohol motifs (C(OH)–C–C–N with tert-alkyl or cyclic N) is 1. The zero-order valence-electron chi connectivity index (χ0n) is 11.1. The molecule has 1 amide bonds. The molecule has 2 rings (SSSR count). The molecule has 1 aliphatic heterocycles. The molecule has 1 aliphatic rings. The van der Waals surface area contributed by atoms with Gasteiger partial charge < -0.3 is 15.3 Å². The van der Waals surface area contributed by atoms with Crippen molar-refractivity contribution in [3.8, 4) is 0 Å². The Balaban J connectivity index is 0.00000180. The number of aliphatic hydroxyl groups is 1. The van der Waals surface area contributed by atoms with Crippen LogP contribution in [-0.2, 0) is 11.3 Å². The minimum atomic E-state index is -0.394. The molecule has 0 aromatic heterocycles. The molecule has 0 saturated carbocycles. The first kappa shape index (κ1) is 16.0. The summed E-state index contributed by atoms with van der Waals surface area (Å²) in [5.74, 6) is 0.0814. The molecule has 0 aliphatic carbocycles. The fourth-order valence-corrected chi connectivity index (χ4v) is 2.27. The van der Waals surface area contributed by atoms with Gasteiger partial charge in [0, 0.05) is 19.6 Å². The third kappa shape index (κ3) is 4.20. The quantitative estimate of drug-likeness (QED) is 0.873. The summed E-state index contributed by atoms with van der Waals surface area (Å²) in [5, 5.41) is 12.5. The van der Waals surface area contributed by atoms with Crippen LogP contribution in [0.4, 0.5) is 0 Å². The number of carbonyl (C=O) groups excluding carboxylic acids is 1. The number of aliphatic hydroxyl groups excluding tert-OH is 1. The molecule has 5 heteroatoms. The Morgan fingerprint density at radius 1 is 1.42 bits per heavy atom. The molecule has 1 saturated heterocycles. The summed E-state index contributed by atoms with van der Waals surface area (Å²) in [6.07, 6.45) is 0.124. The van der Waals surface area contributed by atoms with Crippen molar-refractivity contribution in [2.24, 2.45) is 0 Å². The lowest BCUT2D eigenvalue weighted by atomic mass is 10.1. The lowest BCUT2D eigenvalue weighted by Gasteiger charge is -2.24. The summed E-state index contributed by atoms with van der Waals surface area (Å²) in [6.45, 7) is 3.80. The van der Waals surface area contributed by atoms with Gasteiger partial charge in [-0.1, -0.05) is 30.3 Å². The van der Waals surface area contributed by atoms with Crippen molar-refractivity contribution in [1.29, 1.82) is 0 Å². The van der Waals surface area contributed by atoms with E-state index in [4.69, 9.17) is 0 Å². The molecular weight excluding hydrogens is 264 g/mol. The second-order valence-corrected chi connectivity index (χ2v) is 4.69. The molecular formula is C14H21ClN2O2. The van der Waals surface area contributed by atoms with Crippen LogP contribution in [0.25, 0.3) is 0 Å². The number of amides is 1. The predicted molar refractivity (Wildman–Crippen MR) is 77.2 cm³/mol. The van der Waals surface area contributed by atoms with E-state index in [0.29, 0.717) is 26.1 Å². The molecule has 1 heterocycles. The molecule has 2 unspecified atom stereocenters. The molecule has 19 heavy (non-hydrogen) atoms. The molecule has 106 valence electrons. The number of nitrogens with zero attached hydrogens (tertiary/aromatic N) is 1. The van der Waals surface area contributed by atoms with Crippen LogP contribution in [0.5, 0.6) is 0 Å². The van der Waals surface area contributed by atoms with Gasteiger partial charge in [0.2, 0.25) is 5.91 Å². The normalized spacial score (nSPS) is 21.8. The number of halogens is 1. The van der Waals surface area contributed by atoms with Gasteiger partial charge in [0.1, 0.15) is 0 Å². The van der Waals surface area contributed by atoms with Crippen molar-refractivity contribution in [1.82, 2.24) is 10.2 Å². The molecule has 0 spiro atoms. The van der Waals surface area contributed by atoms with E-state index < -0.39 is 6.10 Å². The van der Waals surface area contributed by atoms with Crippen LogP contribution in [0.15, 0.2) is 30.3 Å². The highest BCUT2D eigenvalue weighted by Gasteiger charge is 2.30. The third-order valence-corrected chi connectivity index (χ3v) is 3.32. The highest BCUT2D eigenvalue weighted by atomic mass is 35.5. The summed E-state index contributed by atoms with van der Waals surface area (Å²) < 4.78 is 0. The average Bonchev–Trinajstić information content (AvgIpc) is 2.83. The van der Waals surface area contributed by atoms with Gasteiger partial charge in [0.25, 0.3) is 0 Å². The number of hydrogen-bond donors (Lipinski definition) is 2. The third-order valence-electron chi connectivity index (χ3n) is 3.32. The maximum Gasteiger partial charge on any atom is 0.240 e. The summed E-state index contributed by atoms with van der Waals surface area (Å²) in [5.41, 5.74) is 1.13. The van der Waals surface area contributed by atoms with E-state index in [9.17, 15) is 9.90 Å². The van der Waals surface area contributed by atoms with Gasteiger partial charge in [-0.15, -0.1) is 12.4 Å². The van der Waals surface area contributed by atoms with E-state index in [0.717, 1.165) is 5.56 Å². The summed E-state index contributed by atoms with van der Waals surface area (Å²) in [7, 11) is 0. The zero-order valence-corrected chi connectivity index (χ0v) is 11.9.